The monoisotopic (exact) mass is 446 g/mol. The van der Waals surface area contributed by atoms with Crippen LogP contribution < -0.4 is 14.8 Å². The minimum absolute atomic E-state index is 0.0595. The molecule has 0 bridgehead atoms. The van der Waals surface area contributed by atoms with Crippen molar-refractivity contribution in [1.82, 2.24) is 14.8 Å². The maximum Gasteiger partial charge on any atom is 0.226 e. The predicted octanol–water partition coefficient (Wildman–Crippen LogP) is 4.84. The number of ether oxygens (including phenoxy) is 2. The zero-order valence-electron chi connectivity index (χ0n) is 17.8. The van der Waals surface area contributed by atoms with Gasteiger partial charge in [-0.15, -0.1) is 0 Å². The van der Waals surface area contributed by atoms with Gasteiger partial charge in [-0.1, -0.05) is 42.2 Å². The zero-order chi connectivity index (χ0) is 22.2. The van der Waals surface area contributed by atoms with Crippen molar-refractivity contribution >= 4 is 33.3 Å². The van der Waals surface area contributed by atoms with Gasteiger partial charge in [-0.25, -0.2) is 4.98 Å². The second-order valence-electron chi connectivity index (χ2n) is 7.54. The van der Waals surface area contributed by atoms with Crippen LogP contribution in [0.5, 0.6) is 11.5 Å². The molecular formula is C24H22N4O3S. The number of methoxy groups -OCH3 is 1. The summed E-state index contributed by atoms with van der Waals surface area (Å²) in [6.45, 7) is 6.04. The fourth-order valence-electron chi connectivity index (χ4n) is 4.09. The van der Waals surface area contributed by atoms with Crippen LogP contribution >= 0.6 is 11.3 Å². The first-order valence-corrected chi connectivity index (χ1v) is 11.1. The minimum atomic E-state index is -0.149. The van der Waals surface area contributed by atoms with Crippen LogP contribution in [0.4, 0.5) is 5.82 Å². The Morgan fingerprint density at radius 3 is 2.91 bits per heavy atom. The molecule has 0 fully saturated rings. The van der Waals surface area contributed by atoms with Crippen LogP contribution in [0.25, 0.3) is 15.3 Å². The van der Waals surface area contributed by atoms with E-state index in [1.807, 2.05) is 49.4 Å². The molecule has 5 rings (SSSR count). The number of para-hydroxylation sites is 1. The van der Waals surface area contributed by atoms with Crippen molar-refractivity contribution < 1.29 is 14.3 Å². The molecule has 2 aromatic carbocycles. The number of rotatable bonds is 6. The molecule has 0 radical (unpaired) electrons. The summed E-state index contributed by atoms with van der Waals surface area (Å²) in [6, 6.07) is 13.7. The maximum atomic E-state index is 12.7. The molecule has 0 saturated heterocycles. The SMILES string of the molecule is C=CCOc1ccc([C@@H]2CC(=O)Nc3c2c(C)nn3-c2nc3ccccc3s2)cc1OC. The molecule has 32 heavy (non-hydrogen) atoms. The van der Waals surface area contributed by atoms with Gasteiger partial charge in [-0.2, -0.15) is 9.78 Å². The van der Waals surface area contributed by atoms with Crippen LogP contribution in [0.3, 0.4) is 0 Å². The van der Waals surface area contributed by atoms with E-state index in [1.165, 1.54) is 0 Å². The standard InChI is InChI=1S/C24H22N4O3S/c1-4-11-31-18-10-9-15(12-19(18)30-3)16-13-21(29)26-23-22(16)14(2)27-28(23)24-25-17-7-5-6-8-20(17)32-24/h4-10,12,16H,1,11,13H2,2-3H3,(H,26,29)/t16-/m0/s1. The van der Waals surface area contributed by atoms with Gasteiger partial charge in [0.2, 0.25) is 11.0 Å². The summed E-state index contributed by atoms with van der Waals surface area (Å²) in [4.78, 5) is 17.4. The molecule has 0 aliphatic carbocycles. The lowest BCUT2D eigenvalue weighted by molar-refractivity contribution is -0.116. The van der Waals surface area contributed by atoms with Crippen molar-refractivity contribution in [3.63, 3.8) is 0 Å². The molecule has 2 aromatic heterocycles. The molecule has 1 N–H and O–H groups in total. The number of hydrogen-bond donors (Lipinski definition) is 1. The first kappa shape index (κ1) is 20.3. The van der Waals surface area contributed by atoms with Gasteiger partial charge in [0.05, 0.1) is 23.0 Å². The van der Waals surface area contributed by atoms with Crippen molar-refractivity contribution in [3.8, 4) is 16.6 Å². The van der Waals surface area contributed by atoms with Crippen LogP contribution in [0.15, 0.2) is 55.1 Å². The van der Waals surface area contributed by atoms with Gasteiger partial charge in [0, 0.05) is 17.9 Å². The zero-order valence-corrected chi connectivity index (χ0v) is 18.6. The number of hydrogen-bond acceptors (Lipinski definition) is 6. The molecule has 0 unspecified atom stereocenters. The minimum Gasteiger partial charge on any atom is -0.493 e. The normalized spacial score (nSPS) is 15.3. The third kappa shape index (κ3) is 3.42. The highest BCUT2D eigenvalue weighted by atomic mass is 32.1. The van der Waals surface area contributed by atoms with Crippen molar-refractivity contribution in [2.45, 2.75) is 19.3 Å². The Morgan fingerprint density at radius 1 is 1.28 bits per heavy atom. The number of carbonyl (C=O) groups excluding carboxylic acids is 1. The second kappa shape index (κ2) is 8.12. The van der Waals surface area contributed by atoms with Gasteiger partial charge in [-0.3, -0.25) is 4.79 Å². The molecule has 4 aromatic rings. The number of fused-ring (bicyclic) bond motifs is 2. The number of thiazole rings is 1. The smallest absolute Gasteiger partial charge is 0.226 e. The second-order valence-corrected chi connectivity index (χ2v) is 8.55. The summed E-state index contributed by atoms with van der Waals surface area (Å²) in [5, 5.41) is 8.50. The molecule has 162 valence electrons. The van der Waals surface area contributed by atoms with E-state index in [0.29, 0.717) is 30.3 Å². The molecule has 8 heteroatoms. The fraction of sp³-hybridized carbons (Fsp3) is 0.208. The molecule has 0 saturated carbocycles. The summed E-state index contributed by atoms with van der Waals surface area (Å²) in [6.07, 6.45) is 2.01. The Bertz CT molecular complexity index is 1310. The lowest BCUT2D eigenvalue weighted by Crippen LogP contribution is -2.25. The Morgan fingerprint density at radius 2 is 2.12 bits per heavy atom. The lowest BCUT2D eigenvalue weighted by Gasteiger charge is -2.24. The topological polar surface area (TPSA) is 78.3 Å². The number of amides is 1. The predicted molar refractivity (Wildman–Crippen MR) is 125 cm³/mol. The van der Waals surface area contributed by atoms with E-state index in [9.17, 15) is 4.79 Å². The Balaban J connectivity index is 1.59. The van der Waals surface area contributed by atoms with E-state index in [0.717, 1.165) is 32.2 Å². The highest BCUT2D eigenvalue weighted by Crippen LogP contribution is 2.43. The van der Waals surface area contributed by atoms with Crippen molar-refractivity contribution in [2.75, 3.05) is 19.0 Å². The Kier molecular flexibility index (Phi) is 5.14. The number of aromatic nitrogens is 3. The van der Waals surface area contributed by atoms with E-state index in [2.05, 4.69) is 11.9 Å². The van der Waals surface area contributed by atoms with Crippen LogP contribution in [-0.2, 0) is 4.79 Å². The van der Waals surface area contributed by atoms with Crippen LogP contribution in [0, 0.1) is 6.92 Å². The summed E-state index contributed by atoms with van der Waals surface area (Å²) in [5.74, 6) is 1.72. The Hall–Kier alpha value is -3.65. The molecule has 1 aliphatic rings. The number of nitrogens with zero attached hydrogens (tertiary/aromatic N) is 3. The molecule has 3 heterocycles. The molecule has 1 aliphatic heterocycles. The number of nitrogens with one attached hydrogen (secondary N) is 1. The number of aryl methyl sites for hydroxylation is 1. The average Bonchev–Trinajstić information content (AvgIpc) is 3.38. The third-order valence-corrected chi connectivity index (χ3v) is 6.52. The quantitative estimate of drug-likeness (QED) is 0.429. The number of anilines is 1. The molecular weight excluding hydrogens is 424 g/mol. The Labute approximate surface area is 189 Å². The van der Waals surface area contributed by atoms with Crippen LogP contribution in [0.1, 0.15) is 29.2 Å². The van der Waals surface area contributed by atoms with E-state index in [1.54, 1.807) is 29.2 Å². The molecule has 7 nitrogen and oxygen atoms in total. The average molecular weight is 447 g/mol. The third-order valence-electron chi connectivity index (χ3n) is 5.51. The van der Waals surface area contributed by atoms with Crippen molar-refractivity contribution in [2.24, 2.45) is 0 Å². The van der Waals surface area contributed by atoms with E-state index in [4.69, 9.17) is 19.6 Å². The van der Waals surface area contributed by atoms with Crippen molar-refractivity contribution in [1.29, 1.82) is 0 Å². The maximum absolute atomic E-state index is 12.7. The first-order valence-electron chi connectivity index (χ1n) is 10.3. The van der Waals surface area contributed by atoms with E-state index >= 15 is 0 Å². The fourth-order valence-corrected chi connectivity index (χ4v) is 5.01. The highest BCUT2D eigenvalue weighted by Gasteiger charge is 2.33. The first-order chi connectivity index (χ1) is 15.6. The van der Waals surface area contributed by atoms with Gasteiger partial charge in [0.25, 0.3) is 0 Å². The largest absolute Gasteiger partial charge is 0.493 e. The summed E-state index contributed by atoms with van der Waals surface area (Å²) in [5.41, 5.74) is 3.73. The van der Waals surface area contributed by atoms with Crippen LogP contribution in [-0.4, -0.2) is 34.4 Å². The summed E-state index contributed by atoms with van der Waals surface area (Å²) >= 11 is 1.54. The van der Waals surface area contributed by atoms with Gasteiger partial charge in [0.15, 0.2) is 11.5 Å². The van der Waals surface area contributed by atoms with Crippen molar-refractivity contribution in [3.05, 3.63) is 71.9 Å². The highest BCUT2D eigenvalue weighted by molar-refractivity contribution is 7.20. The van der Waals surface area contributed by atoms with E-state index < -0.39 is 0 Å². The molecule has 1 amide bonds. The molecule has 0 spiro atoms. The van der Waals surface area contributed by atoms with Gasteiger partial charge >= 0.3 is 0 Å². The summed E-state index contributed by atoms with van der Waals surface area (Å²) in [7, 11) is 1.61. The number of benzene rings is 2. The summed E-state index contributed by atoms with van der Waals surface area (Å²) < 4.78 is 14.0. The van der Waals surface area contributed by atoms with Crippen LogP contribution in [0.2, 0.25) is 0 Å². The lowest BCUT2D eigenvalue weighted by atomic mass is 9.85. The number of carbonyl (C=O) groups is 1. The van der Waals surface area contributed by atoms with Gasteiger partial charge in [0.1, 0.15) is 12.4 Å². The van der Waals surface area contributed by atoms with Gasteiger partial charge < -0.3 is 14.8 Å². The van der Waals surface area contributed by atoms with Gasteiger partial charge in [-0.05, 0) is 36.8 Å². The molecule has 1 atom stereocenters. The van der Waals surface area contributed by atoms with E-state index in [-0.39, 0.29) is 11.8 Å².